The standard InChI is InChI=1S/C13H22N4O3S/c1-8(2)3-5-13(11(20)17-15,6-4-10(18)19)9-7-21-12(14)16-9/h7-8H,3-6,15H2,1-2H3,(H2,14,16)(H,17,20)(H,18,19)/p-1/t13-/m1/s1. The Morgan fingerprint density at radius 1 is 1.48 bits per heavy atom. The minimum atomic E-state index is -1.21. The second-order valence-electron chi connectivity index (χ2n) is 5.43. The molecular formula is C13H21N4O3S-. The molecule has 8 heteroatoms. The first-order valence-corrected chi connectivity index (χ1v) is 7.62. The van der Waals surface area contributed by atoms with Crippen molar-refractivity contribution in [1.29, 1.82) is 0 Å². The molecule has 7 nitrogen and oxygen atoms in total. The molecule has 0 unspecified atom stereocenters. The minimum absolute atomic E-state index is 0.0776. The van der Waals surface area contributed by atoms with E-state index in [1.54, 1.807) is 5.38 Å². The van der Waals surface area contributed by atoms with Gasteiger partial charge in [-0.1, -0.05) is 13.8 Å². The molecule has 0 spiro atoms. The molecule has 0 fully saturated rings. The van der Waals surface area contributed by atoms with Gasteiger partial charge in [0.05, 0.1) is 11.1 Å². The molecule has 5 N–H and O–H groups in total. The number of hydrogen-bond acceptors (Lipinski definition) is 7. The SMILES string of the molecule is CC(C)CC[C@](CCC(=O)[O-])(C(=O)NN)c1csc(N)n1. The van der Waals surface area contributed by atoms with Gasteiger partial charge in [0.25, 0.3) is 0 Å². The number of anilines is 1. The molecule has 0 radical (unpaired) electrons. The van der Waals surface area contributed by atoms with Gasteiger partial charge in [0.15, 0.2) is 5.13 Å². The van der Waals surface area contributed by atoms with E-state index in [1.165, 1.54) is 11.3 Å². The Kier molecular flexibility index (Phi) is 6.10. The molecule has 1 rings (SSSR count). The van der Waals surface area contributed by atoms with Crippen molar-refractivity contribution in [3.8, 4) is 0 Å². The highest BCUT2D eigenvalue weighted by molar-refractivity contribution is 7.13. The van der Waals surface area contributed by atoms with Gasteiger partial charge in [-0.3, -0.25) is 10.2 Å². The van der Waals surface area contributed by atoms with Gasteiger partial charge in [-0.15, -0.1) is 11.3 Å². The molecule has 118 valence electrons. The first-order chi connectivity index (χ1) is 9.81. The molecule has 0 aliphatic carbocycles. The second kappa shape index (κ2) is 7.37. The van der Waals surface area contributed by atoms with Crippen molar-refractivity contribution in [2.75, 3.05) is 5.73 Å². The topological polar surface area (TPSA) is 134 Å². The number of carboxylic acids is 1. The normalized spacial score (nSPS) is 13.9. The lowest BCUT2D eigenvalue weighted by Gasteiger charge is -2.31. The zero-order chi connectivity index (χ0) is 16.0. The second-order valence-corrected chi connectivity index (χ2v) is 6.32. The van der Waals surface area contributed by atoms with Gasteiger partial charge >= 0.3 is 0 Å². The summed E-state index contributed by atoms with van der Waals surface area (Å²) in [6, 6.07) is 0. The third-order valence-corrected chi connectivity index (χ3v) is 4.16. The fourth-order valence-corrected chi connectivity index (χ4v) is 2.88. The van der Waals surface area contributed by atoms with Crippen LogP contribution in [-0.4, -0.2) is 16.9 Å². The number of carbonyl (C=O) groups excluding carboxylic acids is 2. The molecule has 1 atom stereocenters. The van der Waals surface area contributed by atoms with E-state index in [-0.39, 0.29) is 12.8 Å². The Morgan fingerprint density at radius 3 is 2.57 bits per heavy atom. The van der Waals surface area contributed by atoms with E-state index in [0.717, 1.165) is 6.42 Å². The summed E-state index contributed by atoms with van der Waals surface area (Å²) in [6.07, 6.45) is 1.01. The number of aromatic nitrogens is 1. The van der Waals surface area contributed by atoms with Crippen LogP contribution < -0.4 is 22.1 Å². The number of amides is 1. The van der Waals surface area contributed by atoms with Crippen molar-refractivity contribution < 1.29 is 14.7 Å². The lowest BCUT2D eigenvalue weighted by atomic mass is 9.74. The maximum Gasteiger partial charge on any atom is 0.246 e. The van der Waals surface area contributed by atoms with Crippen molar-refractivity contribution in [1.82, 2.24) is 10.4 Å². The number of nitrogens with two attached hydrogens (primary N) is 2. The molecule has 0 aliphatic rings. The molecule has 0 aromatic carbocycles. The third kappa shape index (κ3) is 4.40. The Labute approximate surface area is 127 Å². The zero-order valence-electron chi connectivity index (χ0n) is 12.2. The first kappa shape index (κ1) is 17.4. The molecule has 0 bridgehead atoms. The van der Waals surface area contributed by atoms with Crippen LogP contribution in [0.25, 0.3) is 0 Å². The number of thiazole rings is 1. The summed E-state index contributed by atoms with van der Waals surface area (Å²) < 4.78 is 0. The van der Waals surface area contributed by atoms with E-state index < -0.39 is 17.3 Å². The zero-order valence-corrected chi connectivity index (χ0v) is 13.0. The molecule has 1 amide bonds. The van der Waals surface area contributed by atoms with Gasteiger partial charge in [-0.2, -0.15) is 0 Å². The summed E-state index contributed by atoms with van der Waals surface area (Å²) in [5, 5.41) is 12.8. The lowest BCUT2D eigenvalue weighted by molar-refractivity contribution is -0.306. The number of nitrogen functional groups attached to an aromatic ring is 1. The summed E-state index contributed by atoms with van der Waals surface area (Å²) in [5.74, 6) is 3.99. The predicted molar refractivity (Wildman–Crippen MR) is 78.8 cm³/mol. The lowest BCUT2D eigenvalue weighted by Crippen LogP contribution is -2.48. The van der Waals surface area contributed by atoms with Crippen molar-refractivity contribution in [3.05, 3.63) is 11.1 Å². The maximum absolute atomic E-state index is 12.3. The van der Waals surface area contributed by atoms with E-state index >= 15 is 0 Å². The Hall–Kier alpha value is -1.67. The highest BCUT2D eigenvalue weighted by Crippen LogP contribution is 2.36. The Bertz CT molecular complexity index is 503. The van der Waals surface area contributed by atoms with Crippen LogP contribution in [0.3, 0.4) is 0 Å². The smallest absolute Gasteiger partial charge is 0.246 e. The number of nitrogens with zero attached hydrogens (tertiary/aromatic N) is 1. The quantitative estimate of drug-likeness (QED) is 0.349. The number of carbonyl (C=O) groups is 2. The first-order valence-electron chi connectivity index (χ1n) is 6.74. The fraction of sp³-hybridized carbons (Fsp3) is 0.615. The molecule has 1 aromatic rings. The highest BCUT2D eigenvalue weighted by atomic mass is 32.1. The van der Waals surface area contributed by atoms with Crippen LogP contribution in [0.4, 0.5) is 5.13 Å². The van der Waals surface area contributed by atoms with Crippen LogP contribution in [0.5, 0.6) is 0 Å². The van der Waals surface area contributed by atoms with Crippen molar-refractivity contribution >= 4 is 28.3 Å². The summed E-state index contributed by atoms with van der Waals surface area (Å²) in [4.78, 5) is 27.3. The number of aliphatic carboxylic acids is 1. The molecular weight excluding hydrogens is 292 g/mol. The molecule has 21 heavy (non-hydrogen) atoms. The van der Waals surface area contributed by atoms with Crippen LogP contribution in [-0.2, 0) is 15.0 Å². The van der Waals surface area contributed by atoms with Crippen molar-refractivity contribution in [3.63, 3.8) is 0 Å². The van der Waals surface area contributed by atoms with E-state index in [9.17, 15) is 14.7 Å². The third-order valence-electron chi connectivity index (χ3n) is 3.48. The number of carboxylic acid groups (broad SMARTS) is 1. The van der Waals surface area contributed by atoms with Crippen LogP contribution >= 0.6 is 11.3 Å². The minimum Gasteiger partial charge on any atom is -0.550 e. The van der Waals surface area contributed by atoms with Gasteiger partial charge in [0.2, 0.25) is 5.91 Å². The predicted octanol–water partition coefficient (Wildman–Crippen LogP) is -0.0807. The van der Waals surface area contributed by atoms with Gasteiger partial charge in [0, 0.05) is 11.3 Å². The number of hydrazine groups is 1. The van der Waals surface area contributed by atoms with E-state index in [4.69, 9.17) is 11.6 Å². The van der Waals surface area contributed by atoms with Crippen LogP contribution in [0.2, 0.25) is 0 Å². The highest BCUT2D eigenvalue weighted by Gasteiger charge is 2.41. The maximum atomic E-state index is 12.3. The molecule has 0 saturated carbocycles. The average molecular weight is 313 g/mol. The van der Waals surface area contributed by atoms with Crippen LogP contribution in [0, 0.1) is 5.92 Å². The summed E-state index contributed by atoms with van der Waals surface area (Å²) in [5.41, 5.74) is 7.15. The Morgan fingerprint density at radius 2 is 2.14 bits per heavy atom. The van der Waals surface area contributed by atoms with Gasteiger partial charge in [0.1, 0.15) is 0 Å². The van der Waals surface area contributed by atoms with Crippen LogP contribution in [0.15, 0.2) is 5.38 Å². The van der Waals surface area contributed by atoms with Gasteiger partial charge < -0.3 is 15.6 Å². The molecule has 0 aliphatic heterocycles. The van der Waals surface area contributed by atoms with E-state index in [2.05, 4.69) is 10.4 Å². The summed E-state index contributed by atoms with van der Waals surface area (Å²) in [7, 11) is 0. The summed E-state index contributed by atoms with van der Waals surface area (Å²) in [6.45, 7) is 4.05. The largest absolute Gasteiger partial charge is 0.550 e. The van der Waals surface area contributed by atoms with E-state index in [1.807, 2.05) is 13.8 Å². The van der Waals surface area contributed by atoms with E-state index in [0.29, 0.717) is 23.2 Å². The monoisotopic (exact) mass is 313 g/mol. The molecule has 1 aromatic heterocycles. The number of rotatable bonds is 8. The van der Waals surface area contributed by atoms with Crippen molar-refractivity contribution in [2.45, 2.75) is 44.9 Å². The van der Waals surface area contributed by atoms with Gasteiger partial charge in [-0.05, 0) is 31.6 Å². The molecule has 0 saturated heterocycles. The van der Waals surface area contributed by atoms with Crippen molar-refractivity contribution in [2.24, 2.45) is 11.8 Å². The van der Waals surface area contributed by atoms with Crippen LogP contribution in [0.1, 0.15) is 45.2 Å². The van der Waals surface area contributed by atoms with Gasteiger partial charge in [-0.25, -0.2) is 10.8 Å². The number of nitrogens with one attached hydrogen (secondary N) is 1. The summed E-state index contributed by atoms with van der Waals surface area (Å²) >= 11 is 1.21. The fourth-order valence-electron chi connectivity index (χ4n) is 2.22. The average Bonchev–Trinajstić information content (AvgIpc) is 2.85. The number of hydrogen-bond donors (Lipinski definition) is 3. The Balaban J connectivity index is 3.18. The molecule has 1 heterocycles.